The van der Waals surface area contributed by atoms with Crippen molar-refractivity contribution in [1.29, 1.82) is 0 Å². The Kier molecular flexibility index (Phi) is 5.61. The van der Waals surface area contributed by atoms with Crippen molar-refractivity contribution in [2.24, 2.45) is 0 Å². The molecule has 3 aromatic rings. The molecule has 0 fully saturated rings. The number of halogens is 6. The van der Waals surface area contributed by atoms with Gasteiger partial charge < -0.3 is 15.4 Å². The zero-order valence-electron chi connectivity index (χ0n) is 16.6. The Bertz CT molecular complexity index is 1230. The number of fused-ring (bicyclic) bond motifs is 1. The maximum Gasteiger partial charge on any atom is 0.416 e. The minimum absolute atomic E-state index is 0.0492. The number of carbonyl (C=O) groups is 1. The van der Waals surface area contributed by atoms with Gasteiger partial charge in [0.25, 0.3) is 0 Å². The summed E-state index contributed by atoms with van der Waals surface area (Å²) in [5, 5.41) is 5.62. The van der Waals surface area contributed by atoms with Gasteiger partial charge in [-0.05, 0) is 54.2 Å². The molecule has 170 valence electrons. The van der Waals surface area contributed by atoms with Crippen LogP contribution in [0.1, 0.15) is 28.3 Å². The molecule has 0 amide bonds. The number of anilines is 2. The molecule has 1 aromatic heterocycles. The fourth-order valence-electron chi connectivity index (χ4n) is 3.48. The SMILES string of the molecule is O=CC1NC=Cc2cc(-c3cccc(C(F)(F)F)c3)nc(Nc3cccc(C(F)(F)F)c3)c21. The molecule has 4 nitrogen and oxygen atoms in total. The zero-order valence-corrected chi connectivity index (χ0v) is 16.6. The van der Waals surface area contributed by atoms with E-state index in [0.717, 1.165) is 24.3 Å². The molecule has 0 bridgehead atoms. The van der Waals surface area contributed by atoms with E-state index in [1.54, 1.807) is 6.08 Å². The normalized spacial score (nSPS) is 15.5. The summed E-state index contributed by atoms with van der Waals surface area (Å²) in [6, 6.07) is 9.62. The molecule has 2 heterocycles. The van der Waals surface area contributed by atoms with Gasteiger partial charge in [0.05, 0.1) is 16.8 Å². The third kappa shape index (κ3) is 4.69. The minimum Gasteiger partial charge on any atom is -0.378 e. The average Bonchev–Trinajstić information content (AvgIpc) is 2.77. The van der Waals surface area contributed by atoms with Gasteiger partial charge in [-0.15, -0.1) is 0 Å². The lowest BCUT2D eigenvalue weighted by atomic mass is 9.96. The van der Waals surface area contributed by atoms with Crippen LogP contribution in [-0.2, 0) is 17.1 Å². The summed E-state index contributed by atoms with van der Waals surface area (Å²) in [5.74, 6) is 0.0492. The van der Waals surface area contributed by atoms with Crippen LogP contribution >= 0.6 is 0 Å². The maximum atomic E-state index is 13.2. The van der Waals surface area contributed by atoms with E-state index < -0.39 is 29.5 Å². The van der Waals surface area contributed by atoms with E-state index in [1.807, 2.05) is 0 Å². The van der Waals surface area contributed by atoms with Crippen molar-refractivity contribution in [2.75, 3.05) is 5.32 Å². The van der Waals surface area contributed by atoms with Gasteiger partial charge in [0.15, 0.2) is 0 Å². The Morgan fingerprint density at radius 2 is 1.58 bits per heavy atom. The van der Waals surface area contributed by atoms with Crippen LogP contribution in [0.2, 0.25) is 0 Å². The van der Waals surface area contributed by atoms with Gasteiger partial charge in [0, 0.05) is 16.8 Å². The van der Waals surface area contributed by atoms with Crippen LogP contribution in [0.3, 0.4) is 0 Å². The van der Waals surface area contributed by atoms with E-state index in [2.05, 4.69) is 15.6 Å². The summed E-state index contributed by atoms with van der Waals surface area (Å²) in [4.78, 5) is 16.0. The first-order valence-electron chi connectivity index (χ1n) is 9.61. The molecule has 2 aromatic carbocycles. The molecule has 1 aliphatic rings. The first kappa shape index (κ1) is 22.4. The van der Waals surface area contributed by atoms with E-state index in [9.17, 15) is 31.1 Å². The molecule has 4 rings (SSSR count). The van der Waals surface area contributed by atoms with Crippen LogP contribution in [0.5, 0.6) is 0 Å². The van der Waals surface area contributed by atoms with Crippen molar-refractivity contribution >= 4 is 23.9 Å². The number of alkyl halides is 6. The average molecular weight is 463 g/mol. The monoisotopic (exact) mass is 463 g/mol. The molecule has 1 unspecified atom stereocenters. The van der Waals surface area contributed by atoms with Gasteiger partial charge >= 0.3 is 12.4 Å². The third-order valence-electron chi connectivity index (χ3n) is 5.01. The van der Waals surface area contributed by atoms with Gasteiger partial charge in [-0.1, -0.05) is 18.2 Å². The molecule has 0 radical (unpaired) electrons. The maximum absolute atomic E-state index is 13.2. The van der Waals surface area contributed by atoms with Crippen molar-refractivity contribution in [3.8, 4) is 11.3 Å². The standard InChI is InChI=1S/C23H15F6N3O/c24-22(25,26)15-4-1-3-13(9-15)18-10-14-7-8-30-19(12-33)20(14)21(32-18)31-17-6-2-5-16(11-17)23(27,28)29/h1-12,19,30H,(H,31,32). The number of hydrogen-bond donors (Lipinski definition) is 2. The van der Waals surface area contributed by atoms with Crippen molar-refractivity contribution in [3.05, 3.63) is 83.1 Å². The number of pyridine rings is 1. The molecule has 33 heavy (non-hydrogen) atoms. The highest BCUT2D eigenvalue weighted by Gasteiger charge is 2.32. The molecule has 1 atom stereocenters. The second-order valence-corrected chi connectivity index (χ2v) is 7.25. The Morgan fingerprint density at radius 3 is 2.24 bits per heavy atom. The number of aldehydes is 1. The zero-order chi connectivity index (χ0) is 23.8. The van der Waals surface area contributed by atoms with E-state index in [4.69, 9.17) is 0 Å². The van der Waals surface area contributed by atoms with Crippen LogP contribution in [0, 0.1) is 0 Å². The fourth-order valence-corrected chi connectivity index (χ4v) is 3.48. The Labute approximate surface area is 184 Å². The molecular weight excluding hydrogens is 448 g/mol. The highest BCUT2D eigenvalue weighted by molar-refractivity contribution is 5.80. The van der Waals surface area contributed by atoms with Gasteiger partial charge in [0.1, 0.15) is 18.1 Å². The van der Waals surface area contributed by atoms with E-state index in [1.165, 1.54) is 36.5 Å². The molecular formula is C23H15F6N3O. The number of nitrogens with zero attached hydrogens (tertiary/aromatic N) is 1. The molecule has 0 saturated heterocycles. The summed E-state index contributed by atoms with van der Waals surface area (Å²) >= 11 is 0. The van der Waals surface area contributed by atoms with Crippen LogP contribution in [0.4, 0.5) is 37.8 Å². The number of aromatic nitrogens is 1. The van der Waals surface area contributed by atoms with E-state index in [-0.39, 0.29) is 22.8 Å². The Morgan fingerprint density at radius 1 is 0.909 bits per heavy atom. The molecule has 0 spiro atoms. The Balaban J connectivity index is 1.84. The van der Waals surface area contributed by atoms with Gasteiger partial charge in [-0.2, -0.15) is 26.3 Å². The molecule has 10 heteroatoms. The first-order valence-corrected chi connectivity index (χ1v) is 9.61. The van der Waals surface area contributed by atoms with Crippen LogP contribution in [-0.4, -0.2) is 11.3 Å². The van der Waals surface area contributed by atoms with Gasteiger partial charge in [-0.3, -0.25) is 0 Å². The number of carbonyl (C=O) groups excluding carboxylic acids is 1. The largest absolute Gasteiger partial charge is 0.416 e. The van der Waals surface area contributed by atoms with Crippen LogP contribution < -0.4 is 10.6 Å². The molecule has 0 aliphatic carbocycles. The first-order chi connectivity index (χ1) is 15.6. The second kappa shape index (κ2) is 8.27. The predicted molar refractivity (Wildman–Crippen MR) is 110 cm³/mol. The number of benzene rings is 2. The minimum atomic E-state index is -4.57. The molecule has 2 N–H and O–H groups in total. The van der Waals surface area contributed by atoms with Gasteiger partial charge in [0.2, 0.25) is 0 Å². The van der Waals surface area contributed by atoms with Crippen LogP contribution in [0.15, 0.2) is 60.8 Å². The van der Waals surface area contributed by atoms with Crippen molar-refractivity contribution < 1.29 is 31.1 Å². The summed E-state index contributed by atoms with van der Waals surface area (Å²) in [5.41, 5.74) is -0.529. The van der Waals surface area contributed by atoms with E-state index >= 15 is 0 Å². The van der Waals surface area contributed by atoms with Crippen molar-refractivity contribution in [2.45, 2.75) is 18.4 Å². The van der Waals surface area contributed by atoms with E-state index in [0.29, 0.717) is 17.4 Å². The lowest BCUT2D eigenvalue weighted by Gasteiger charge is -2.23. The Hall–Kier alpha value is -3.82. The number of hydrogen-bond acceptors (Lipinski definition) is 4. The quantitative estimate of drug-likeness (QED) is 0.350. The third-order valence-corrected chi connectivity index (χ3v) is 5.01. The molecule has 1 aliphatic heterocycles. The lowest BCUT2D eigenvalue weighted by molar-refractivity contribution is -0.138. The van der Waals surface area contributed by atoms with Crippen LogP contribution in [0.25, 0.3) is 17.3 Å². The number of rotatable bonds is 4. The highest BCUT2D eigenvalue weighted by atomic mass is 19.4. The lowest BCUT2D eigenvalue weighted by Crippen LogP contribution is -2.23. The second-order valence-electron chi connectivity index (χ2n) is 7.25. The summed E-state index contributed by atoms with van der Waals surface area (Å²) in [6.07, 6.45) is -5.42. The summed E-state index contributed by atoms with van der Waals surface area (Å²) < 4.78 is 78.9. The predicted octanol–water partition coefficient (Wildman–Crippen LogP) is 6.34. The fraction of sp³-hybridized carbons (Fsp3) is 0.130. The highest BCUT2D eigenvalue weighted by Crippen LogP contribution is 2.37. The molecule has 0 saturated carbocycles. The topological polar surface area (TPSA) is 54.0 Å². The van der Waals surface area contributed by atoms with Gasteiger partial charge in [-0.25, -0.2) is 4.98 Å². The van der Waals surface area contributed by atoms with Crippen molar-refractivity contribution in [1.82, 2.24) is 10.3 Å². The number of nitrogens with one attached hydrogen (secondary N) is 2. The summed E-state index contributed by atoms with van der Waals surface area (Å²) in [7, 11) is 0. The van der Waals surface area contributed by atoms with Crippen molar-refractivity contribution in [3.63, 3.8) is 0 Å². The smallest absolute Gasteiger partial charge is 0.378 e. The summed E-state index contributed by atoms with van der Waals surface area (Å²) in [6.45, 7) is 0.